The van der Waals surface area contributed by atoms with Crippen LogP contribution in [-0.2, 0) is 0 Å². The van der Waals surface area contributed by atoms with Gasteiger partial charge in [0, 0.05) is 5.56 Å². The van der Waals surface area contributed by atoms with Gasteiger partial charge >= 0.3 is 23.9 Å². The predicted molar refractivity (Wildman–Crippen MR) is 57.4 cm³/mol. The Morgan fingerprint density at radius 3 is 1.73 bits per heavy atom. The van der Waals surface area contributed by atoms with Crippen LogP contribution in [0, 0.1) is 12.3 Å². The molecule has 0 heterocycles. The van der Waals surface area contributed by atoms with Crippen molar-refractivity contribution in [3.8, 4) is 12.3 Å². The van der Waals surface area contributed by atoms with Crippen molar-refractivity contribution in [1.29, 1.82) is 0 Å². The number of halogens is 2. The van der Waals surface area contributed by atoms with E-state index in [0.717, 1.165) is 5.56 Å². The molecule has 1 aromatic carbocycles. The molecule has 0 aliphatic heterocycles. The molecular weight excluding hydrogens is 286 g/mol. The molecule has 1 rings (SSSR count). The van der Waals surface area contributed by atoms with Crippen LogP contribution < -0.4 is 0 Å². The zero-order chi connectivity index (χ0) is 5.82. The van der Waals surface area contributed by atoms with Crippen molar-refractivity contribution < 1.29 is 0 Å². The third kappa shape index (κ3) is 6.55. The van der Waals surface area contributed by atoms with E-state index in [1.165, 1.54) is 0 Å². The maximum absolute atomic E-state index is 5.10. The molecule has 0 atom stereocenters. The van der Waals surface area contributed by atoms with Gasteiger partial charge < -0.3 is 0 Å². The number of rotatable bonds is 0. The van der Waals surface area contributed by atoms with Crippen molar-refractivity contribution in [2.24, 2.45) is 0 Å². The molecule has 0 fully saturated rings. The molecule has 0 saturated heterocycles. The predicted octanol–water partition coefficient (Wildman–Crippen LogP) is 1.60. The summed E-state index contributed by atoms with van der Waals surface area (Å²) in [5, 5.41) is 0. The summed E-state index contributed by atoms with van der Waals surface area (Å²) in [5.41, 5.74) is 0.938. The first kappa shape index (κ1) is 17.3. The second-order valence-electron chi connectivity index (χ2n) is 1.51. The molecule has 0 amide bonds. The molecule has 0 bridgehead atoms. The quantitative estimate of drug-likeness (QED) is 0.504. The molecule has 0 unspecified atom stereocenters. The molecule has 0 saturated carbocycles. The van der Waals surface area contributed by atoms with Crippen LogP contribution in [0.2, 0.25) is 0 Å². The van der Waals surface area contributed by atoms with E-state index in [1.54, 1.807) is 0 Å². The van der Waals surface area contributed by atoms with E-state index in [2.05, 4.69) is 5.92 Å². The van der Waals surface area contributed by atoms with Crippen molar-refractivity contribution in [3.63, 3.8) is 0 Å². The van der Waals surface area contributed by atoms with Gasteiger partial charge in [0.05, 0.1) is 0 Å². The van der Waals surface area contributed by atoms with E-state index in [1.807, 2.05) is 30.3 Å². The van der Waals surface area contributed by atoms with Crippen molar-refractivity contribution in [3.05, 3.63) is 35.9 Å². The normalized spacial score (nSPS) is 5.73. The topological polar surface area (TPSA) is 0 Å². The molecule has 60 valence electrons. The molecule has 11 heavy (non-hydrogen) atoms. The van der Waals surface area contributed by atoms with E-state index in [-0.39, 0.29) is 48.7 Å². The SMILES string of the molecule is C#Cc1ccccc1.Cl.Cl.[SnH2]. The molecule has 0 spiro atoms. The van der Waals surface area contributed by atoms with Gasteiger partial charge in [-0.05, 0) is 12.1 Å². The van der Waals surface area contributed by atoms with Crippen LogP contribution in [0.25, 0.3) is 0 Å². The Hall–Kier alpha value is 0.159. The van der Waals surface area contributed by atoms with Crippen LogP contribution in [-0.4, -0.2) is 23.9 Å². The van der Waals surface area contributed by atoms with Gasteiger partial charge in [0.2, 0.25) is 0 Å². The van der Waals surface area contributed by atoms with Gasteiger partial charge in [-0.1, -0.05) is 24.1 Å². The van der Waals surface area contributed by atoms with Crippen molar-refractivity contribution in [1.82, 2.24) is 0 Å². The second-order valence-corrected chi connectivity index (χ2v) is 1.51. The molecule has 2 radical (unpaired) electrons. The summed E-state index contributed by atoms with van der Waals surface area (Å²) in [6.07, 6.45) is 5.10. The zero-order valence-electron chi connectivity index (χ0n) is 5.99. The Balaban J connectivity index is -0.000000213. The van der Waals surface area contributed by atoms with Gasteiger partial charge in [0.25, 0.3) is 0 Å². The van der Waals surface area contributed by atoms with Crippen molar-refractivity contribution >= 4 is 48.7 Å². The summed E-state index contributed by atoms with van der Waals surface area (Å²) in [5.74, 6) is 2.53. The molecule has 0 N–H and O–H groups in total. The fraction of sp³-hybridized carbons (Fsp3) is 0. The third-order valence-corrected chi connectivity index (χ3v) is 0.940. The Bertz CT molecular complexity index is 203. The maximum atomic E-state index is 5.10. The summed E-state index contributed by atoms with van der Waals surface area (Å²) < 4.78 is 0. The van der Waals surface area contributed by atoms with Gasteiger partial charge in [0.15, 0.2) is 0 Å². The van der Waals surface area contributed by atoms with Crippen LogP contribution in [0.4, 0.5) is 0 Å². The molecule has 0 aromatic heterocycles. The van der Waals surface area contributed by atoms with Gasteiger partial charge in [0.1, 0.15) is 0 Å². The Morgan fingerprint density at radius 1 is 1.00 bits per heavy atom. The van der Waals surface area contributed by atoms with Crippen LogP contribution in [0.15, 0.2) is 30.3 Å². The summed E-state index contributed by atoms with van der Waals surface area (Å²) in [7, 11) is 0. The van der Waals surface area contributed by atoms with E-state index >= 15 is 0 Å². The van der Waals surface area contributed by atoms with Crippen molar-refractivity contribution in [2.45, 2.75) is 0 Å². The van der Waals surface area contributed by atoms with E-state index < -0.39 is 0 Å². The average Bonchev–Trinajstić information content (AvgIpc) is 1.90. The summed E-state index contributed by atoms with van der Waals surface area (Å²) in [4.78, 5) is 0. The number of benzene rings is 1. The Morgan fingerprint density at radius 2 is 1.45 bits per heavy atom. The first-order chi connectivity index (χ1) is 3.93. The minimum atomic E-state index is 0. The molecule has 0 aliphatic rings. The fourth-order valence-electron chi connectivity index (χ4n) is 0.534. The average molecular weight is 296 g/mol. The van der Waals surface area contributed by atoms with Crippen LogP contribution in [0.5, 0.6) is 0 Å². The number of hydrogen-bond donors (Lipinski definition) is 0. The molecule has 3 heteroatoms. The van der Waals surface area contributed by atoms with E-state index in [0.29, 0.717) is 0 Å². The zero-order valence-corrected chi connectivity index (χ0v) is 11.7. The van der Waals surface area contributed by atoms with Gasteiger partial charge in [-0.3, -0.25) is 0 Å². The first-order valence-corrected chi connectivity index (χ1v) is 2.45. The number of hydrogen-bond acceptors (Lipinski definition) is 0. The first-order valence-electron chi connectivity index (χ1n) is 2.45. The molecular formula is C8H10Cl2Sn. The second kappa shape index (κ2) is 10.2. The third-order valence-electron chi connectivity index (χ3n) is 0.940. The fourth-order valence-corrected chi connectivity index (χ4v) is 0.534. The van der Waals surface area contributed by atoms with E-state index in [4.69, 9.17) is 6.42 Å². The monoisotopic (exact) mass is 296 g/mol. The summed E-state index contributed by atoms with van der Waals surface area (Å²) >= 11 is 0. The van der Waals surface area contributed by atoms with Crippen LogP contribution >= 0.6 is 24.8 Å². The van der Waals surface area contributed by atoms with Gasteiger partial charge in [-0.25, -0.2) is 0 Å². The number of terminal acetylenes is 1. The summed E-state index contributed by atoms with van der Waals surface area (Å²) in [6.45, 7) is 0. The van der Waals surface area contributed by atoms with Crippen LogP contribution in [0.3, 0.4) is 0 Å². The molecule has 0 aliphatic carbocycles. The standard InChI is InChI=1S/C8H6.2ClH.Sn.2H/c1-2-8-6-4-3-5-7-8;;;;;/h1,3-7H;2*1H;;;. The molecule has 1 aromatic rings. The Labute approximate surface area is 96.5 Å². The van der Waals surface area contributed by atoms with Crippen molar-refractivity contribution in [2.75, 3.05) is 0 Å². The van der Waals surface area contributed by atoms with Gasteiger partial charge in [-0.15, -0.1) is 31.2 Å². The van der Waals surface area contributed by atoms with Crippen LogP contribution in [0.1, 0.15) is 5.56 Å². The molecule has 0 nitrogen and oxygen atoms in total. The van der Waals surface area contributed by atoms with Gasteiger partial charge in [-0.2, -0.15) is 0 Å². The Kier molecular flexibility index (Phi) is 16.0. The van der Waals surface area contributed by atoms with E-state index in [9.17, 15) is 0 Å². The summed E-state index contributed by atoms with van der Waals surface area (Å²) in [6, 6.07) is 9.60. The minimum absolute atomic E-state index is 0.